The second kappa shape index (κ2) is 8.01. The highest BCUT2D eigenvalue weighted by molar-refractivity contribution is 5.89. The molecular weight excluding hydrogens is 348 g/mol. The Labute approximate surface area is 164 Å². The lowest BCUT2D eigenvalue weighted by atomic mass is 10.1. The van der Waals surface area contributed by atoms with Crippen molar-refractivity contribution in [3.63, 3.8) is 0 Å². The molecule has 0 N–H and O–H groups in total. The van der Waals surface area contributed by atoms with Crippen molar-refractivity contribution in [2.24, 2.45) is 7.05 Å². The van der Waals surface area contributed by atoms with Gasteiger partial charge in [0.05, 0.1) is 5.52 Å². The summed E-state index contributed by atoms with van der Waals surface area (Å²) in [6, 6.07) is 26.1. The fourth-order valence-electron chi connectivity index (χ4n) is 3.15. The normalized spacial score (nSPS) is 10.8. The molecular formula is C24H22N2O2. The number of rotatable bonds is 7. The van der Waals surface area contributed by atoms with Crippen LogP contribution in [0.3, 0.4) is 0 Å². The lowest BCUT2D eigenvalue weighted by molar-refractivity contribution is 0.263. The van der Waals surface area contributed by atoms with Crippen LogP contribution < -0.4 is 4.74 Å². The second-order valence-electron chi connectivity index (χ2n) is 6.62. The van der Waals surface area contributed by atoms with Gasteiger partial charge in [-0.3, -0.25) is 4.68 Å². The second-order valence-corrected chi connectivity index (χ2v) is 6.62. The quantitative estimate of drug-likeness (QED) is 0.412. The molecule has 1 aromatic heterocycles. The Morgan fingerprint density at radius 3 is 2.21 bits per heavy atom. The molecule has 0 atom stereocenters. The van der Waals surface area contributed by atoms with Crippen LogP contribution in [-0.4, -0.2) is 9.78 Å². The van der Waals surface area contributed by atoms with Crippen molar-refractivity contribution in [2.75, 3.05) is 0 Å². The van der Waals surface area contributed by atoms with E-state index in [9.17, 15) is 0 Å². The highest BCUT2D eigenvalue weighted by atomic mass is 16.5. The van der Waals surface area contributed by atoms with Gasteiger partial charge in [0.25, 0.3) is 0 Å². The average Bonchev–Trinajstić information content (AvgIpc) is 3.07. The Hall–Kier alpha value is -3.53. The lowest BCUT2D eigenvalue weighted by Gasteiger charge is -2.11. The maximum atomic E-state index is 5.97. The molecule has 0 aliphatic rings. The third kappa shape index (κ3) is 3.91. The number of benzene rings is 3. The van der Waals surface area contributed by atoms with Crippen LogP contribution in [0.2, 0.25) is 0 Å². The molecule has 4 rings (SSSR count). The summed E-state index contributed by atoms with van der Waals surface area (Å²) in [7, 11) is 1.90. The average molecular weight is 370 g/mol. The summed E-state index contributed by atoms with van der Waals surface area (Å²) in [5.74, 6) is 1.38. The third-order valence-electron chi connectivity index (χ3n) is 4.57. The fraction of sp³-hybridized carbons (Fsp3) is 0.125. The van der Waals surface area contributed by atoms with Crippen molar-refractivity contribution in [1.82, 2.24) is 9.78 Å². The molecule has 0 aliphatic heterocycles. The van der Waals surface area contributed by atoms with Crippen LogP contribution in [0.1, 0.15) is 16.8 Å². The lowest BCUT2D eigenvalue weighted by Crippen LogP contribution is -2.00. The molecule has 28 heavy (non-hydrogen) atoms. The van der Waals surface area contributed by atoms with E-state index in [0.717, 1.165) is 33.5 Å². The minimum atomic E-state index is 0.469. The topological polar surface area (TPSA) is 36.3 Å². The van der Waals surface area contributed by atoms with Gasteiger partial charge in [-0.25, -0.2) is 0 Å². The Morgan fingerprint density at radius 2 is 1.54 bits per heavy atom. The van der Waals surface area contributed by atoms with E-state index in [1.165, 1.54) is 0 Å². The zero-order valence-electron chi connectivity index (χ0n) is 15.8. The van der Waals surface area contributed by atoms with E-state index in [1.807, 2.05) is 85.9 Å². The Morgan fingerprint density at radius 1 is 0.893 bits per heavy atom. The molecule has 140 valence electrons. The number of aryl methyl sites for hydroxylation is 1. The van der Waals surface area contributed by atoms with Crippen molar-refractivity contribution in [1.29, 1.82) is 0 Å². The minimum absolute atomic E-state index is 0.469. The number of hydrogen-bond donors (Lipinski definition) is 0. The first-order valence-corrected chi connectivity index (χ1v) is 9.20. The largest absolute Gasteiger partial charge is 0.489 e. The fourth-order valence-corrected chi connectivity index (χ4v) is 3.15. The first-order chi connectivity index (χ1) is 13.7. The monoisotopic (exact) mass is 370 g/mol. The van der Waals surface area contributed by atoms with Crippen LogP contribution in [0.15, 0.2) is 85.4 Å². The maximum absolute atomic E-state index is 5.97. The van der Waals surface area contributed by atoms with Gasteiger partial charge in [-0.05, 0) is 29.3 Å². The van der Waals surface area contributed by atoms with Gasteiger partial charge >= 0.3 is 0 Å². The summed E-state index contributed by atoms with van der Waals surface area (Å²) < 4.78 is 13.7. The highest BCUT2D eigenvalue weighted by Gasteiger charge is 2.14. The molecule has 3 aromatic carbocycles. The molecule has 4 nitrogen and oxygen atoms in total. The molecule has 0 radical (unpaired) electrons. The molecule has 4 heteroatoms. The Bertz CT molecular complexity index is 1090. The van der Waals surface area contributed by atoms with Gasteiger partial charge in [0.2, 0.25) is 0 Å². The molecule has 0 fully saturated rings. The van der Waals surface area contributed by atoms with E-state index in [4.69, 9.17) is 9.47 Å². The van der Waals surface area contributed by atoms with E-state index in [-0.39, 0.29) is 0 Å². The number of nitrogens with zero attached hydrogens (tertiary/aromatic N) is 2. The zero-order valence-corrected chi connectivity index (χ0v) is 15.8. The van der Waals surface area contributed by atoms with E-state index < -0.39 is 0 Å². The van der Waals surface area contributed by atoms with Crippen molar-refractivity contribution >= 4 is 16.7 Å². The Balaban J connectivity index is 1.54. The van der Waals surface area contributed by atoms with Crippen molar-refractivity contribution in [3.8, 4) is 5.75 Å². The zero-order chi connectivity index (χ0) is 19.3. The summed E-state index contributed by atoms with van der Waals surface area (Å²) in [6.07, 6.45) is 0. The van der Waals surface area contributed by atoms with Crippen LogP contribution in [0.5, 0.6) is 5.75 Å². The molecule has 0 spiro atoms. The first-order valence-electron chi connectivity index (χ1n) is 9.20. The van der Waals surface area contributed by atoms with Gasteiger partial charge in [0, 0.05) is 12.4 Å². The van der Waals surface area contributed by atoms with Crippen LogP contribution in [0.25, 0.3) is 16.7 Å². The summed E-state index contributed by atoms with van der Waals surface area (Å²) in [5, 5.41) is 5.53. The van der Waals surface area contributed by atoms with E-state index in [2.05, 4.69) is 11.7 Å². The van der Waals surface area contributed by atoms with Crippen LogP contribution in [-0.2, 0) is 25.0 Å². The maximum Gasteiger partial charge on any atom is 0.138 e. The summed E-state index contributed by atoms with van der Waals surface area (Å²) in [5.41, 5.74) is 3.97. The molecule has 0 bridgehead atoms. The van der Waals surface area contributed by atoms with Gasteiger partial charge in [0.1, 0.15) is 30.4 Å². The molecule has 0 amide bonds. The van der Waals surface area contributed by atoms with E-state index in [1.54, 1.807) is 4.68 Å². The molecule has 0 unspecified atom stereocenters. The standard InChI is InChI=1S/C24H22N2O2/c1-18(27-16-19-9-5-3-6-10-19)24-22-15-21(13-14-23(22)25-26(24)2)28-17-20-11-7-4-8-12-20/h3-15H,1,16-17H2,2H3. The molecule has 4 aromatic rings. The van der Waals surface area contributed by atoms with Crippen LogP contribution in [0.4, 0.5) is 0 Å². The number of aromatic nitrogens is 2. The van der Waals surface area contributed by atoms with E-state index in [0.29, 0.717) is 19.0 Å². The number of ether oxygens (including phenoxy) is 2. The third-order valence-corrected chi connectivity index (χ3v) is 4.57. The predicted octanol–water partition coefficient (Wildman–Crippen LogP) is 5.34. The van der Waals surface area contributed by atoms with Crippen molar-refractivity contribution in [3.05, 3.63) is 102 Å². The van der Waals surface area contributed by atoms with Gasteiger partial charge in [0.15, 0.2) is 0 Å². The molecule has 1 heterocycles. The van der Waals surface area contributed by atoms with Crippen LogP contribution in [0, 0.1) is 0 Å². The summed E-state index contributed by atoms with van der Waals surface area (Å²) in [4.78, 5) is 0. The number of fused-ring (bicyclic) bond motifs is 1. The minimum Gasteiger partial charge on any atom is -0.489 e. The van der Waals surface area contributed by atoms with Crippen molar-refractivity contribution in [2.45, 2.75) is 13.2 Å². The van der Waals surface area contributed by atoms with Crippen molar-refractivity contribution < 1.29 is 9.47 Å². The predicted molar refractivity (Wildman–Crippen MR) is 112 cm³/mol. The molecule has 0 saturated heterocycles. The number of hydrogen-bond acceptors (Lipinski definition) is 3. The van der Waals surface area contributed by atoms with E-state index >= 15 is 0 Å². The summed E-state index contributed by atoms with van der Waals surface area (Å²) in [6.45, 7) is 5.11. The Kier molecular flexibility index (Phi) is 5.11. The molecule has 0 saturated carbocycles. The first kappa shape index (κ1) is 17.9. The SMILES string of the molecule is C=C(OCc1ccccc1)c1c2cc(OCc3ccccc3)ccc2nn1C. The smallest absolute Gasteiger partial charge is 0.138 e. The highest BCUT2D eigenvalue weighted by Crippen LogP contribution is 2.29. The van der Waals surface area contributed by atoms with Gasteiger partial charge < -0.3 is 9.47 Å². The van der Waals surface area contributed by atoms with Crippen LogP contribution >= 0.6 is 0 Å². The van der Waals surface area contributed by atoms with Gasteiger partial charge in [-0.15, -0.1) is 0 Å². The summed E-state index contributed by atoms with van der Waals surface area (Å²) >= 11 is 0. The van der Waals surface area contributed by atoms with Gasteiger partial charge in [-0.1, -0.05) is 67.2 Å². The van der Waals surface area contributed by atoms with Gasteiger partial charge in [-0.2, -0.15) is 5.10 Å². The molecule has 0 aliphatic carbocycles.